The van der Waals surface area contributed by atoms with Gasteiger partial charge in [0.25, 0.3) is 0 Å². The van der Waals surface area contributed by atoms with Crippen molar-refractivity contribution in [2.45, 2.75) is 19.9 Å². The molecule has 20 heavy (non-hydrogen) atoms. The molecule has 5 nitrogen and oxygen atoms in total. The van der Waals surface area contributed by atoms with Crippen LogP contribution >= 0.6 is 0 Å². The molecule has 1 aromatic heterocycles. The van der Waals surface area contributed by atoms with Gasteiger partial charge >= 0.3 is 0 Å². The largest absolute Gasteiger partial charge is 0.352 e. The summed E-state index contributed by atoms with van der Waals surface area (Å²) in [6.07, 6.45) is 2.56. The van der Waals surface area contributed by atoms with E-state index in [9.17, 15) is 12.8 Å². The normalized spacial score (nSPS) is 18.2. The van der Waals surface area contributed by atoms with Crippen LogP contribution in [0.3, 0.4) is 0 Å². The number of aromatic nitrogens is 1. The van der Waals surface area contributed by atoms with Gasteiger partial charge in [-0.3, -0.25) is 0 Å². The summed E-state index contributed by atoms with van der Waals surface area (Å²) in [6, 6.07) is 1.65. The lowest BCUT2D eigenvalue weighted by Crippen LogP contribution is -2.41. The van der Waals surface area contributed by atoms with Crippen molar-refractivity contribution >= 4 is 15.7 Å². The second kappa shape index (κ2) is 6.49. The fourth-order valence-corrected chi connectivity index (χ4v) is 3.35. The molecule has 1 aliphatic heterocycles. The van der Waals surface area contributed by atoms with Crippen LogP contribution in [0.15, 0.2) is 12.3 Å². The SMILES string of the molecule is CCCNCc1ccnc(N2CCS(=O)(=O)CC2)c1F. The van der Waals surface area contributed by atoms with Crippen LogP contribution in [0.4, 0.5) is 10.2 Å². The van der Waals surface area contributed by atoms with Gasteiger partial charge in [-0.1, -0.05) is 6.92 Å². The molecule has 1 aliphatic rings. The van der Waals surface area contributed by atoms with Gasteiger partial charge in [0.05, 0.1) is 11.5 Å². The minimum Gasteiger partial charge on any atom is -0.352 e. The van der Waals surface area contributed by atoms with Gasteiger partial charge in [0.15, 0.2) is 21.5 Å². The van der Waals surface area contributed by atoms with Crippen LogP contribution < -0.4 is 10.2 Å². The molecule has 1 fully saturated rings. The maximum Gasteiger partial charge on any atom is 0.170 e. The van der Waals surface area contributed by atoms with Crippen molar-refractivity contribution in [3.63, 3.8) is 0 Å². The van der Waals surface area contributed by atoms with E-state index in [1.165, 1.54) is 0 Å². The lowest BCUT2D eigenvalue weighted by Gasteiger charge is -2.28. The molecule has 112 valence electrons. The molecule has 7 heteroatoms. The average molecular weight is 301 g/mol. The zero-order valence-corrected chi connectivity index (χ0v) is 12.4. The highest BCUT2D eigenvalue weighted by atomic mass is 32.2. The number of sulfone groups is 1. The molecule has 0 aliphatic carbocycles. The first-order valence-corrected chi connectivity index (χ1v) is 8.65. The lowest BCUT2D eigenvalue weighted by molar-refractivity contribution is 0.566. The standard InChI is InChI=1S/C13H20FN3O2S/c1-2-4-15-10-11-3-5-16-13(12(11)14)17-6-8-20(18,19)9-7-17/h3,5,15H,2,4,6-10H2,1H3. The molecule has 2 heterocycles. The maximum absolute atomic E-state index is 14.4. The summed E-state index contributed by atoms with van der Waals surface area (Å²) in [4.78, 5) is 5.77. The Labute approximate surface area is 119 Å². The Morgan fingerprint density at radius 3 is 2.75 bits per heavy atom. The van der Waals surface area contributed by atoms with E-state index in [4.69, 9.17) is 0 Å². The summed E-state index contributed by atoms with van der Waals surface area (Å²) < 4.78 is 37.2. The third kappa shape index (κ3) is 3.67. The summed E-state index contributed by atoms with van der Waals surface area (Å²) in [5.74, 6) is 0.0323. The van der Waals surface area contributed by atoms with Gasteiger partial charge < -0.3 is 10.2 Å². The Balaban J connectivity index is 2.10. The quantitative estimate of drug-likeness (QED) is 0.821. The Morgan fingerprint density at radius 1 is 1.40 bits per heavy atom. The van der Waals surface area contributed by atoms with Crippen molar-refractivity contribution in [1.82, 2.24) is 10.3 Å². The fraction of sp³-hybridized carbons (Fsp3) is 0.615. The van der Waals surface area contributed by atoms with Crippen LogP contribution in [0.5, 0.6) is 0 Å². The zero-order chi connectivity index (χ0) is 14.6. The van der Waals surface area contributed by atoms with Crippen molar-refractivity contribution in [2.75, 3.05) is 36.0 Å². The number of halogens is 1. The number of nitrogens with zero attached hydrogens (tertiary/aromatic N) is 2. The molecule has 0 atom stereocenters. The van der Waals surface area contributed by atoms with E-state index in [1.54, 1.807) is 17.2 Å². The molecule has 1 N–H and O–H groups in total. The minimum absolute atomic E-state index is 0.0619. The highest BCUT2D eigenvalue weighted by Gasteiger charge is 2.25. The van der Waals surface area contributed by atoms with E-state index in [0.29, 0.717) is 25.2 Å². The Hall–Kier alpha value is -1.21. The summed E-state index contributed by atoms with van der Waals surface area (Å²) in [5, 5.41) is 3.15. The van der Waals surface area contributed by atoms with Crippen molar-refractivity contribution in [1.29, 1.82) is 0 Å². The molecule has 1 aromatic rings. The molecule has 0 unspecified atom stereocenters. The zero-order valence-electron chi connectivity index (χ0n) is 11.6. The first-order chi connectivity index (χ1) is 9.53. The predicted octanol–water partition coefficient (Wildman–Crippen LogP) is 0.955. The van der Waals surface area contributed by atoms with Gasteiger partial charge in [-0.15, -0.1) is 0 Å². The van der Waals surface area contributed by atoms with E-state index in [2.05, 4.69) is 17.2 Å². The molecule has 0 radical (unpaired) electrons. The lowest BCUT2D eigenvalue weighted by atomic mass is 10.2. The first-order valence-electron chi connectivity index (χ1n) is 6.83. The van der Waals surface area contributed by atoms with E-state index >= 15 is 0 Å². The van der Waals surface area contributed by atoms with Gasteiger partial charge in [0.2, 0.25) is 0 Å². The molecule has 2 rings (SSSR count). The number of hydrogen-bond donors (Lipinski definition) is 1. The summed E-state index contributed by atoms with van der Waals surface area (Å²) in [5.41, 5.74) is 0.567. The molecule has 1 saturated heterocycles. The second-order valence-corrected chi connectivity index (χ2v) is 7.23. The van der Waals surface area contributed by atoms with Crippen LogP contribution in [0, 0.1) is 5.82 Å². The highest BCUT2D eigenvalue weighted by Crippen LogP contribution is 2.21. The van der Waals surface area contributed by atoms with Gasteiger partial charge in [0.1, 0.15) is 0 Å². The van der Waals surface area contributed by atoms with E-state index in [0.717, 1.165) is 13.0 Å². The van der Waals surface area contributed by atoms with Crippen molar-refractivity contribution < 1.29 is 12.8 Å². The monoisotopic (exact) mass is 301 g/mol. The second-order valence-electron chi connectivity index (χ2n) is 4.92. The number of nitrogens with one attached hydrogen (secondary N) is 1. The fourth-order valence-electron chi connectivity index (χ4n) is 2.15. The number of anilines is 1. The minimum atomic E-state index is -2.97. The van der Waals surface area contributed by atoms with Crippen molar-refractivity contribution in [3.8, 4) is 0 Å². The van der Waals surface area contributed by atoms with Crippen LogP contribution in [0.1, 0.15) is 18.9 Å². The Morgan fingerprint density at radius 2 is 2.10 bits per heavy atom. The van der Waals surface area contributed by atoms with Crippen molar-refractivity contribution in [2.24, 2.45) is 0 Å². The van der Waals surface area contributed by atoms with E-state index < -0.39 is 9.84 Å². The summed E-state index contributed by atoms with van der Waals surface area (Å²) in [6.45, 7) is 3.95. The van der Waals surface area contributed by atoms with Crippen LogP contribution in [0.25, 0.3) is 0 Å². The number of pyridine rings is 1. The summed E-state index contributed by atoms with van der Waals surface area (Å²) in [7, 11) is -2.97. The van der Waals surface area contributed by atoms with Crippen LogP contribution in [-0.2, 0) is 16.4 Å². The van der Waals surface area contributed by atoms with Gasteiger partial charge in [-0.05, 0) is 19.0 Å². The Kier molecular flexibility index (Phi) is 4.93. The molecule has 0 amide bonds. The Bertz CT molecular complexity index is 549. The predicted molar refractivity (Wildman–Crippen MR) is 77.1 cm³/mol. The third-order valence-corrected chi connectivity index (χ3v) is 4.95. The smallest absolute Gasteiger partial charge is 0.170 e. The molecular formula is C13H20FN3O2S. The van der Waals surface area contributed by atoms with Gasteiger partial charge in [-0.25, -0.2) is 17.8 Å². The van der Waals surface area contributed by atoms with Gasteiger partial charge in [0, 0.05) is 31.4 Å². The number of rotatable bonds is 5. The van der Waals surface area contributed by atoms with Gasteiger partial charge in [-0.2, -0.15) is 0 Å². The van der Waals surface area contributed by atoms with Crippen molar-refractivity contribution in [3.05, 3.63) is 23.6 Å². The van der Waals surface area contributed by atoms with E-state index in [1.807, 2.05) is 0 Å². The third-order valence-electron chi connectivity index (χ3n) is 3.34. The first kappa shape index (κ1) is 15.2. The molecular weight excluding hydrogens is 281 g/mol. The van der Waals surface area contributed by atoms with Crippen LogP contribution in [-0.4, -0.2) is 44.5 Å². The maximum atomic E-state index is 14.4. The van der Waals surface area contributed by atoms with E-state index in [-0.39, 0.29) is 23.1 Å². The average Bonchev–Trinajstić information content (AvgIpc) is 2.41. The number of hydrogen-bond acceptors (Lipinski definition) is 5. The molecule has 0 bridgehead atoms. The van der Waals surface area contributed by atoms with Crippen LogP contribution in [0.2, 0.25) is 0 Å². The molecule has 0 saturated carbocycles. The topological polar surface area (TPSA) is 62.3 Å². The summed E-state index contributed by atoms with van der Waals surface area (Å²) >= 11 is 0. The molecule has 0 spiro atoms. The molecule has 0 aromatic carbocycles. The highest BCUT2D eigenvalue weighted by molar-refractivity contribution is 7.91.